The predicted octanol–water partition coefficient (Wildman–Crippen LogP) is 4.70. The summed E-state index contributed by atoms with van der Waals surface area (Å²) >= 11 is 0. The van der Waals surface area contributed by atoms with Crippen molar-refractivity contribution in [3.63, 3.8) is 0 Å². The summed E-state index contributed by atoms with van der Waals surface area (Å²) in [5, 5.41) is 0. The molecule has 80 valence electrons. The first kappa shape index (κ1) is 10.3. The van der Waals surface area contributed by atoms with E-state index in [0.29, 0.717) is 5.41 Å². The topological polar surface area (TPSA) is 0 Å². The second-order valence-corrected chi connectivity index (χ2v) is 5.65. The Hall–Kier alpha value is -0.260. The van der Waals surface area contributed by atoms with E-state index in [-0.39, 0.29) is 0 Å². The zero-order valence-corrected chi connectivity index (χ0v) is 10.0. The lowest BCUT2D eigenvalue weighted by Gasteiger charge is -2.38. The fourth-order valence-corrected chi connectivity index (χ4v) is 3.73. The van der Waals surface area contributed by atoms with Crippen molar-refractivity contribution in [3.8, 4) is 0 Å². The Morgan fingerprint density at radius 3 is 2.14 bits per heavy atom. The van der Waals surface area contributed by atoms with Crippen LogP contribution in [0.25, 0.3) is 0 Å². The standard InChI is InChI=1S/C14H24/c1-11(2)13-7-6-10-14(12(13)3)8-4-5-9-14/h11H,4-10H2,1-3H3. The average molecular weight is 192 g/mol. The predicted molar refractivity (Wildman–Crippen MR) is 62.3 cm³/mol. The first-order valence-corrected chi connectivity index (χ1v) is 6.36. The molecule has 2 aliphatic carbocycles. The van der Waals surface area contributed by atoms with Crippen LogP contribution in [0.4, 0.5) is 0 Å². The zero-order valence-electron chi connectivity index (χ0n) is 10.0. The summed E-state index contributed by atoms with van der Waals surface area (Å²) < 4.78 is 0. The molecule has 1 fully saturated rings. The van der Waals surface area contributed by atoms with Crippen molar-refractivity contribution in [1.82, 2.24) is 0 Å². The highest BCUT2D eigenvalue weighted by Crippen LogP contribution is 2.52. The maximum absolute atomic E-state index is 2.43. The van der Waals surface area contributed by atoms with Crippen molar-refractivity contribution in [1.29, 1.82) is 0 Å². The normalized spacial score (nSPS) is 26.6. The molecule has 2 rings (SSSR count). The molecule has 0 radical (unpaired) electrons. The van der Waals surface area contributed by atoms with Gasteiger partial charge in [0.25, 0.3) is 0 Å². The van der Waals surface area contributed by atoms with Crippen molar-refractivity contribution in [2.45, 2.75) is 65.7 Å². The molecule has 0 heterocycles. The molecule has 0 aromatic heterocycles. The molecular formula is C14H24. The Balaban J connectivity index is 2.31. The van der Waals surface area contributed by atoms with Gasteiger partial charge in [-0.15, -0.1) is 0 Å². The quantitative estimate of drug-likeness (QED) is 0.528. The van der Waals surface area contributed by atoms with E-state index >= 15 is 0 Å². The number of rotatable bonds is 1. The molecule has 0 atom stereocenters. The molecule has 0 aliphatic heterocycles. The molecule has 0 bridgehead atoms. The molecule has 0 aromatic rings. The van der Waals surface area contributed by atoms with E-state index in [4.69, 9.17) is 0 Å². The first-order valence-electron chi connectivity index (χ1n) is 6.36. The van der Waals surface area contributed by atoms with Gasteiger partial charge in [0.05, 0.1) is 0 Å². The molecule has 2 aliphatic rings. The molecule has 0 aromatic carbocycles. The van der Waals surface area contributed by atoms with Crippen LogP contribution in [0.5, 0.6) is 0 Å². The molecular weight excluding hydrogens is 168 g/mol. The minimum absolute atomic E-state index is 0.665. The Bertz CT molecular complexity index is 239. The van der Waals surface area contributed by atoms with Crippen LogP contribution in [0.1, 0.15) is 65.7 Å². The lowest BCUT2D eigenvalue weighted by Crippen LogP contribution is -2.24. The van der Waals surface area contributed by atoms with Gasteiger partial charge in [-0.2, -0.15) is 0 Å². The zero-order chi connectivity index (χ0) is 10.2. The highest BCUT2D eigenvalue weighted by atomic mass is 14.4. The number of hydrogen-bond acceptors (Lipinski definition) is 0. The van der Waals surface area contributed by atoms with E-state index < -0.39 is 0 Å². The largest absolute Gasteiger partial charge is 0.0682 e. The van der Waals surface area contributed by atoms with E-state index in [2.05, 4.69) is 20.8 Å². The summed E-state index contributed by atoms with van der Waals surface area (Å²) in [4.78, 5) is 0. The van der Waals surface area contributed by atoms with Gasteiger partial charge < -0.3 is 0 Å². The third kappa shape index (κ3) is 1.53. The SMILES string of the molecule is CC1=C(C(C)C)CCCC12CCCC2. The minimum Gasteiger partial charge on any atom is -0.0682 e. The highest BCUT2D eigenvalue weighted by molar-refractivity contribution is 5.25. The van der Waals surface area contributed by atoms with E-state index in [0.717, 1.165) is 5.92 Å². The van der Waals surface area contributed by atoms with Gasteiger partial charge in [-0.3, -0.25) is 0 Å². The monoisotopic (exact) mass is 192 g/mol. The van der Waals surface area contributed by atoms with Crippen LogP contribution >= 0.6 is 0 Å². The molecule has 0 heteroatoms. The van der Waals surface area contributed by atoms with Gasteiger partial charge >= 0.3 is 0 Å². The van der Waals surface area contributed by atoms with Crippen molar-refractivity contribution in [2.24, 2.45) is 11.3 Å². The van der Waals surface area contributed by atoms with Crippen molar-refractivity contribution in [3.05, 3.63) is 11.1 Å². The molecule has 0 amide bonds. The lowest BCUT2D eigenvalue weighted by atomic mass is 9.67. The van der Waals surface area contributed by atoms with E-state index in [1.54, 1.807) is 11.1 Å². The summed E-state index contributed by atoms with van der Waals surface area (Å²) in [5.74, 6) is 0.785. The molecule has 0 unspecified atom stereocenters. The van der Waals surface area contributed by atoms with Crippen LogP contribution in [-0.2, 0) is 0 Å². The lowest BCUT2D eigenvalue weighted by molar-refractivity contribution is 0.298. The van der Waals surface area contributed by atoms with Gasteiger partial charge in [-0.1, -0.05) is 37.8 Å². The Morgan fingerprint density at radius 1 is 1.00 bits per heavy atom. The molecule has 14 heavy (non-hydrogen) atoms. The van der Waals surface area contributed by atoms with Gasteiger partial charge in [0.1, 0.15) is 0 Å². The summed E-state index contributed by atoms with van der Waals surface area (Å²) in [6.45, 7) is 7.17. The van der Waals surface area contributed by atoms with Crippen LogP contribution in [0.15, 0.2) is 11.1 Å². The van der Waals surface area contributed by atoms with Gasteiger partial charge in [-0.25, -0.2) is 0 Å². The number of hydrogen-bond donors (Lipinski definition) is 0. The van der Waals surface area contributed by atoms with Crippen molar-refractivity contribution >= 4 is 0 Å². The molecule has 1 saturated carbocycles. The summed E-state index contributed by atoms with van der Waals surface area (Å²) in [5.41, 5.74) is 4.24. The van der Waals surface area contributed by atoms with Crippen molar-refractivity contribution < 1.29 is 0 Å². The second kappa shape index (κ2) is 3.72. The van der Waals surface area contributed by atoms with E-state index in [9.17, 15) is 0 Å². The highest BCUT2D eigenvalue weighted by Gasteiger charge is 2.38. The molecule has 0 saturated heterocycles. The first-order chi connectivity index (χ1) is 6.66. The third-order valence-electron chi connectivity index (χ3n) is 4.64. The minimum atomic E-state index is 0.665. The van der Waals surface area contributed by atoms with Crippen molar-refractivity contribution in [2.75, 3.05) is 0 Å². The van der Waals surface area contributed by atoms with Gasteiger partial charge in [0, 0.05) is 0 Å². The van der Waals surface area contributed by atoms with Gasteiger partial charge in [0.15, 0.2) is 0 Å². The summed E-state index contributed by atoms with van der Waals surface area (Å²) in [7, 11) is 0. The van der Waals surface area contributed by atoms with Crippen LogP contribution in [0.3, 0.4) is 0 Å². The maximum Gasteiger partial charge on any atom is -0.00879 e. The van der Waals surface area contributed by atoms with Crippen LogP contribution in [-0.4, -0.2) is 0 Å². The summed E-state index contributed by atoms with van der Waals surface area (Å²) in [6, 6.07) is 0. The molecule has 0 nitrogen and oxygen atoms in total. The van der Waals surface area contributed by atoms with E-state index in [1.165, 1.54) is 44.9 Å². The maximum atomic E-state index is 2.43. The molecule has 0 N–H and O–H groups in total. The van der Waals surface area contributed by atoms with Crippen LogP contribution in [0.2, 0.25) is 0 Å². The fourth-order valence-electron chi connectivity index (χ4n) is 3.73. The Morgan fingerprint density at radius 2 is 1.57 bits per heavy atom. The second-order valence-electron chi connectivity index (χ2n) is 5.65. The Labute approximate surface area is 88.8 Å². The average Bonchev–Trinajstić information content (AvgIpc) is 2.59. The molecule has 1 spiro atoms. The van der Waals surface area contributed by atoms with Gasteiger partial charge in [-0.05, 0) is 50.4 Å². The van der Waals surface area contributed by atoms with Gasteiger partial charge in [0.2, 0.25) is 0 Å². The van der Waals surface area contributed by atoms with Crippen LogP contribution < -0.4 is 0 Å². The smallest absolute Gasteiger partial charge is 0.00879 e. The third-order valence-corrected chi connectivity index (χ3v) is 4.64. The fraction of sp³-hybridized carbons (Fsp3) is 0.857. The van der Waals surface area contributed by atoms with E-state index in [1.807, 2.05) is 0 Å². The summed E-state index contributed by atoms with van der Waals surface area (Å²) in [6.07, 6.45) is 10.2. The van der Waals surface area contributed by atoms with Crippen LogP contribution in [0, 0.1) is 11.3 Å². The number of allylic oxidation sites excluding steroid dienone is 2. The Kier molecular flexibility index (Phi) is 2.72.